The van der Waals surface area contributed by atoms with Crippen molar-refractivity contribution in [3.63, 3.8) is 0 Å². The van der Waals surface area contributed by atoms with E-state index in [-0.39, 0.29) is 5.75 Å². The predicted octanol–water partition coefficient (Wildman–Crippen LogP) is 2.91. The van der Waals surface area contributed by atoms with Gasteiger partial charge in [-0.25, -0.2) is 4.98 Å². The zero-order chi connectivity index (χ0) is 13.4. The Morgan fingerprint density at radius 3 is 2.84 bits per heavy atom. The van der Waals surface area contributed by atoms with Gasteiger partial charge in [-0.1, -0.05) is 17.3 Å². The summed E-state index contributed by atoms with van der Waals surface area (Å²) in [4.78, 5) is 4.51. The van der Waals surface area contributed by atoms with Crippen LogP contribution in [0, 0.1) is 6.92 Å². The quantitative estimate of drug-likeness (QED) is 0.763. The molecule has 0 amide bonds. The first kappa shape index (κ1) is 11.5. The summed E-state index contributed by atoms with van der Waals surface area (Å²) in [5.74, 6) is 0.768. The van der Waals surface area contributed by atoms with Crippen LogP contribution in [0.1, 0.15) is 5.69 Å². The number of aryl methyl sites for hydroxylation is 1. The first-order valence-corrected chi connectivity index (χ1v) is 5.79. The van der Waals surface area contributed by atoms with Crippen LogP contribution in [0.4, 0.5) is 0 Å². The van der Waals surface area contributed by atoms with Gasteiger partial charge in [-0.2, -0.15) is 0 Å². The molecule has 0 radical (unpaired) electrons. The Bertz CT molecular complexity index is 750. The molecule has 0 atom stereocenters. The van der Waals surface area contributed by atoms with Crippen molar-refractivity contribution in [3.05, 3.63) is 36.0 Å². The molecule has 0 aliphatic rings. The molecule has 2 heterocycles. The number of hydrogen-bond donors (Lipinski definition) is 1. The lowest BCUT2D eigenvalue weighted by Crippen LogP contribution is -1.90. The zero-order valence-corrected chi connectivity index (χ0v) is 10.5. The van der Waals surface area contributed by atoms with Gasteiger partial charge in [0.15, 0.2) is 5.75 Å². The normalized spacial score (nSPS) is 10.8. The Morgan fingerprint density at radius 2 is 2.11 bits per heavy atom. The largest absolute Gasteiger partial charge is 0.508 e. The monoisotopic (exact) mass is 256 g/mol. The molecule has 0 spiro atoms. The minimum absolute atomic E-state index is 0.195. The van der Waals surface area contributed by atoms with Crippen LogP contribution in [0.15, 0.2) is 34.9 Å². The highest BCUT2D eigenvalue weighted by Gasteiger charge is 2.14. The second kappa shape index (κ2) is 4.28. The SMILES string of the molecule is COc1cc(-c2cccc(O)c2)nc2c(C)noc12. The highest BCUT2D eigenvalue weighted by molar-refractivity contribution is 5.84. The van der Waals surface area contributed by atoms with Gasteiger partial charge in [0.2, 0.25) is 5.58 Å². The number of fused-ring (bicyclic) bond motifs is 1. The van der Waals surface area contributed by atoms with Crippen LogP contribution in [0.3, 0.4) is 0 Å². The molecule has 5 nitrogen and oxygen atoms in total. The van der Waals surface area contributed by atoms with Crippen molar-refractivity contribution in [1.82, 2.24) is 10.1 Å². The Morgan fingerprint density at radius 1 is 1.26 bits per heavy atom. The summed E-state index contributed by atoms with van der Waals surface area (Å²) in [5.41, 5.74) is 3.41. The van der Waals surface area contributed by atoms with Crippen molar-refractivity contribution in [2.45, 2.75) is 6.92 Å². The molecule has 96 valence electrons. The van der Waals surface area contributed by atoms with Crippen LogP contribution in [0.25, 0.3) is 22.4 Å². The summed E-state index contributed by atoms with van der Waals surface area (Å²) >= 11 is 0. The lowest BCUT2D eigenvalue weighted by Gasteiger charge is -2.05. The third-order valence-electron chi connectivity index (χ3n) is 2.92. The molecular weight excluding hydrogens is 244 g/mol. The summed E-state index contributed by atoms with van der Waals surface area (Å²) in [7, 11) is 1.57. The Labute approximate surface area is 109 Å². The van der Waals surface area contributed by atoms with Crippen molar-refractivity contribution in [3.8, 4) is 22.8 Å². The van der Waals surface area contributed by atoms with Crippen LogP contribution in [0.5, 0.6) is 11.5 Å². The molecule has 19 heavy (non-hydrogen) atoms. The summed E-state index contributed by atoms with van der Waals surface area (Å²) in [6.45, 7) is 1.82. The van der Waals surface area contributed by atoms with E-state index < -0.39 is 0 Å². The summed E-state index contributed by atoms with van der Waals surface area (Å²) in [6.07, 6.45) is 0. The summed E-state index contributed by atoms with van der Waals surface area (Å²) in [5, 5.41) is 13.4. The fraction of sp³-hybridized carbons (Fsp3) is 0.143. The van der Waals surface area contributed by atoms with E-state index in [1.54, 1.807) is 31.4 Å². The number of hydrogen-bond acceptors (Lipinski definition) is 5. The van der Waals surface area contributed by atoms with Crippen molar-refractivity contribution >= 4 is 11.1 Å². The van der Waals surface area contributed by atoms with Gasteiger partial charge in [0.1, 0.15) is 17.0 Å². The maximum Gasteiger partial charge on any atom is 0.227 e. The highest BCUT2D eigenvalue weighted by atomic mass is 16.5. The van der Waals surface area contributed by atoms with Crippen LogP contribution in [-0.2, 0) is 0 Å². The first-order valence-electron chi connectivity index (χ1n) is 5.79. The van der Waals surface area contributed by atoms with E-state index in [1.165, 1.54) is 0 Å². The molecule has 1 N–H and O–H groups in total. The molecule has 3 aromatic rings. The van der Waals surface area contributed by atoms with Crippen LogP contribution in [-0.4, -0.2) is 22.4 Å². The molecule has 5 heteroatoms. The highest BCUT2D eigenvalue weighted by Crippen LogP contribution is 2.32. The fourth-order valence-corrected chi connectivity index (χ4v) is 1.97. The van der Waals surface area contributed by atoms with Crippen LogP contribution < -0.4 is 4.74 Å². The van der Waals surface area contributed by atoms with Gasteiger partial charge in [0.05, 0.1) is 12.8 Å². The number of rotatable bonds is 2. The number of aromatic hydroxyl groups is 1. The van der Waals surface area contributed by atoms with Gasteiger partial charge in [-0.05, 0) is 19.1 Å². The number of ether oxygens (including phenoxy) is 1. The molecule has 2 aromatic heterocycles. The van der Waals surface area contributed by atoms with E-state index in [4.69, 9.17) is 9.26 Å². The van der Waals surface area contributed by atoms with E-state index in [0.29, 0.717) is 28.2 Å². The molecule has 0 saturated heterocycles. The van der Waals surface area contributed by atoms with E-state index in [1.807, 2.05) is 13.0 Å². The Kier molecular flexibility index (Phi) is 2.59. The number of aromatic nitrogens is 2. The number of methoxy groups -OCH3 is 1. The molecule has 0 saturated carbocycles. The third kappa shape index (κ3) is 1.89. The van der Waals surface area contributed by atoms with Gasteiger partial charge in [-0.3, -0.25) is 0 Å². The van der Waals surface area contributed by atoms with Crippen LogP contribution >= 0.6 is 0 Å². The van der Waals surface area contributed by atoms with Gasteiger partial charge in [0.25, 0.3) is 0 Å². The van der Waals surface area contributed by atoms with Gasteiger partial charge in [0, 0.05) is 11.6 Å². The van der Waals surface area contributed by atoms with Crippen molar-refractivity contribution in [2.75, 3.05) is 7.11 Å². The number of phenolic OH excluding ortho intramolecular Hbond substituents is 1. The number of benzene rings is 1. The molecule has 0 bridgehead atoms. The number of pyridine rings is 1. The molecular formula is C14H12N2O3. The summed E-state index contributed by atoms with van der Waals surface area (Å²) in [6, 6.07) is 8.67. The Balaban J connectivity index is 2.27. The first-order chi connectivity index (χ1) is 9.19. The average molecular weight is 256 g/mol. The second-order valence-corrected chi connectivity index (χ2v) is 4.21. The molecule has 3 rings (SSSR count). The minimum Gasteiger partial charge on any atom is -0.508 e. The third-order valence-corrected chi connectivity index (χ3v) is 2.92. The standard InChI is InChI=1S/C14H12N2O3/c1-8-13-14(19-16-8)12(18-2)7-11(15-13)9-4-3-5-10(17)6-9/h3-7,17H,1-2H3. The van der Waals surface area contributed by atoms with Crippen molar-refractivity contribution in [1.29, 1.82) is 0 Å². The van der Waals surface area contributed by atoms with E-state index in [9.17, 15) is 5.11 Å². The van der Waals surface area contributed by atoms with Crippen LogP contribution in [0.2, 0.25) is 0 Å². The molecule has 1 aromatic carbocycles. The van der Waals surface area contributed by atoms with Gasteiger partial charge >= 0.3 is 0 Å². The maximum absolute atomic E-state index is 9.54. The predicted molar refractivity (Wildman–Crippen MR) is 70.2 cm³/mol. The molecule has 0 aliphatic carbocycles. The smallest absolute Gasteiger partial charge is 0.227 e. The molecule has 0 aliphatic heterocycles. The Hall–Kier alpha value is -2.56. The molecule has 0 fully saturated rings. The lowest BCUT2D eigenvalue weighted by molar-refractivity contribution is 0.391. The topological polar surface area (TPSA) is 68.4 Å². The number of phenols is 1. The average Bonchev–Trinajstić information content (AvgIpc) is 2.80. The minimum atomic E-state index is 0.195. The van der Waals surface area contributed by atoms with Gasteiger partial charge in [-0.15, -0.1) is 0 Å². The van der Waals surface area contributed by atoms with E-state index in [0.717, 1.165) is 5.56 Å². The fourth-order valence-electron chi connectivity index (χ4n) is 1.97. The zero-order valence-electron chi connectivity index (χ0n) is 10.5. The second-order valence-electron chi connectivity index (χ2n) is 4.21. The molecule has 0 unspecified atom stereocenters. The van der Waals surface area contributed by atoms with Crippen molar-refractivity contribution in [2.24, 2.45) is 0 Å². The van der Waals surface area contributed by atoms with E-state index in [2.05, 4.69) is 10.1 Å². The van der Waals surface area contributed by atoms with E-state index >= 15 is 0 Å². The van der Waals surface area contributed by atoms with Gasteiger partial charge < -0.3 is 14.4 Å². The maximum atomic E-state index is 9.54. The van der Waals surface area contributed by atoms with Crippen molar-refractivity contribution < 1.29 is 14.4 Å². The summed E-state index contributed by atoms with van der Waals surface area (Å²) < 4.78 is 10.5. The number of nitrogens with zero attached hydrogens (tertiary/aromatic N) is 2. The lowest BCUT2D eigenvalue weighted by atomic mass is 10.1.